The summed E-state index contributed by atoms with van der Waals surface area (Å²) in [7, 11) is 0. The summed E-state index contributed by atoms with van der Waals surface area (Å²) < 4.78 is 1.82. The lowest BCUT2D eigenvalue weighted by Crippen LogP contribution is -2.13. The van der Waals surface area contributed by atoms with Gasteiger partial charge in [0.25, 0.3) is 0 Å². The SMILES string of the molecule is CCCNCc1cn(Cc2nccs2)nn1. The summed E-state index contributed by atoms with van der Waals surface area (Å²) in [6.45, 7) is 4.65. The molecule has 2 heterocycles. The lowest BCUT2D eigenvalue weighted by Gasteiger charge is -1.97. The van der Waals surface area contributed by atoms with Crippen LogP contribution in [-0.4, -0.2) is 26.5 Å². The van der Waals surface area contributed by atoms with Gasteiger partial charge in [-0.15, -0.1) is 16.4 Å². The first-order chi connectivity index (χ1) is 7.88. The predicted molar refractivity (Wildman–Crippen MR) is 63.2 cm³/mol. The zero-order valence-corrected chi connectivity index (χ0v) is 10.1. The molecule has 0 unspecified atom stereocenters. The van der Waals surface area contributed by atoms with Gasteiger partial charge in [-0.1, -0.05) is 12.1 Å². The van der Waals surface area contributed by atoms with Gasteiger partial charge in [0.2, 0.25) is 0 Å². The van der Waals surface area contributed by atoms with E-state index in [1.165, 1.54) is 0 Å². The van der Waals surface area contributed by atoms with Crippen LogP contribution in [0.1, 0.15) is 24.0 Å². The molecule has 16 heavy (non-hydrogen) atoms. The van der Waals surface area contributed by atoms with Crippen LogP contribution in [0.25, 0.3) is 0 Å². The molecule has 0 radical (unpaired) electrons. The normalized spacial score (nSPS) is 10.8. The Kier molecular flexibility index (Phi) is 4.01. The number of rotatable bonds is 6. The molecule has 2 rings (SSSR count). The van der Waals surface area contributed by atoms with E-state index < -0.39 is 0 Å². The van der Waals surface area contributed by atoms with Crippen LogP contribution in [0, 0.1) is 0 Å². The van der Waals surface area contributed by atoms with E-state index in [1.807, 2.05) is 16.3 Å². The Morgan fingerprint density at radius 1 is 1.50 bits per heavy atom. The van der Waals surface area contributed by atoms with E-state index >= 15 is 0 Å². The van der Waals surface area contributed by atoms with Crippen LogP contribution in [0.15, 0.2) is 17.8 Å². The van der Waals surface area contributed by atoms with Gasteiger partial charge in [-0.25, -0.2) is 9.67 Å². The summed E-state index contributed by atoms with van der Waals surface area (Å²) in [4.78, 5) is 4.21. The van der Waals surface area contributed by atoms with E-state index in [9.17, 15) is 0 Å². The third kappa shape index (κ3) is 3.11. The lowest BCUT2D eigenvalue weighted by atomic mass is 10.4. The van der Waals surface area contributed by atoms with E-state index in [1.54, 1.807) is 17.5 Å². The molecule has 86 valence electrons. The van der Waals surface area contributed by atoms with Crippen molar-refractivity contribution in [3.63, 3.8) is 0 Å². The first-order valence-corrected chi connectivity index (χ1v) is 6.24. The van der Waals surface area contributed by atoms with Crippen LogP contribution < -0.4 is 5.32 Å². The Labute approximate surface area is 98.5 Å². The average molecular weight is 237 g/mol. The maximum Gasteiger partial charge on any atom is 0.114 e. The van der Waals surface area contributed by atoms with Crippen LogP contribution in [0.4, 0.5) is 0 Å². The zero-order chi connectivity index (χ0) is 11.2. The van der Waals surface area contributed by atoms with Crippen molar-refractivity contribution in [2.45, 2.75) is 26.4 Å². The number of hydrogen-bond donors (Lipinski definition) is 1. The molecule has 0 fully saturated rings. The molecule has 5 nitrogen and oxygen atoms in total. The molecule has 0 aliphatic rings. The van der Waals surface area contributed by atoms with E-state index in [0.717, 1.165) is 30.2 Å². The molecule has 1 N–H and O–H groups in total. The second kappa shape index (κ2) is 5.72. The highest BCUT2D eigenvalue weighted by Crippen LogP contribution is 2.05. The molecule has 0 saturated carbocycles. The van der Waals surface area contributed by atoms with Crippen molar-refractivity contribution in [1.29, 1.82) is 0 Å². The van der Waals surface area contributed by atoms with Gasteiger partial charge in [-0.2, -0.15) is 0 Å². The molecule has 0 saturated heterocycles. The predicted octanol–water partition coefficient (Wildman–Crippen LogP) is 1.28. The smallest absolute Gasteiger partial charge is 0.114 e. The van der Waals surface area contributed by atoms with Crippen molar-refractivity contribution < 1.29 is 0 Å². The minimum Gasteiger partial charge on any atom is -0.311 e. The molecule has 0 bridgehead atoms. The van der Waals surface area contributed by atoms with E-state index in [4.69, 9.17) is 0 Å². The molecule has 2 aromatic heterocycles. The van der Waals surface area contributed by atoms with Crippen molar-refractivity contribution in [1.82, 2.24) is 25.3 Å². The molecule has 2 aromatic rings. The fourth-order valence-corrected chi connectivity index (χ4v) is 1.97. The molecule has 0 aromatic carbocycles. The highest BCUT2D eigenvalue weighted by molar-refractivity contribution is 7.09. The van der Waals surface area contributed by atoms with Gasteiger partial charge >= 0.3 is 0 Å². The number of nitrogens with zero attached hydrogens (tertiary/aromatic N) is 4. The summed E-state index contributed by atoms with van der Waals surface area (Å²) in [6, 6.07) is 0. The van der Waals surface area contributed by atoms with Crippen molar-refractivity contribution in [3.8, 4) is 0 Å². The van der Waals surface area contributed by atoms with E-state index in [-0.39, 0.29) is 0 Å². The van der Waals surface area contributed by atoms with E-state index in [0.29, 0.717) is 6.54 Å². The topological polar surface area (TPSA) is 55.6 Å². The average Bonchev–Trinajstić information content (AvgIpc) is 2.91. The highest BCUT2D eigenvalue weighted by Gasteiger charge is 2.02. The number of aromatic nitrogens is 4. The third-order valence-corrected chi connectivity index (χ3v) is 2.86. The Morgan fingerprint density at radius 2 is 2.44 bits per heavy atom. The van der Waals surface area contributed by atoms with Gasteiger partial charge < -0.3 is 5.32 Å². The molecule has 0 amide bonds. The minimum atomic E-state index is 0.707. The van der Waals surface area contributed by atoms with Crippen molar-refractivity contribution >= 4 is 11.3 Å². The summed E-state index contributed by atoms with van der Waals surface area (Å²) in [5.41, 5.74) is 0.977. The number of nitrogens with one attached hydrogen (secondary N) is 1. The Bertz CT molecular complexity index is 409. The van der Waals surface area contributed by atoms with Gasteiger partial charge in [-0.05, 0) is 13.0 Å². The first kappa shape index (κ1) is 11.2. The summed E-state index contributed by atoms with van der Waals surface area (Å²) in [5, 5.41) is 14.5. The van der Waals surface area contributed by atoms with Gasteiger partial charge in [0.15, 0.2) is 0 Å². The van der Waals surface area contributed by atoms with Gasteiger partial charge in [0.05, 0.1) is 18.4 Å². The molecule has 0 spiro atoms. The maximum absolute atomic E-state index is 4.21. The largest absolute Gasteiger partial charge is 0.311 e. The second-order valence-corrected chi connectivity index (χ2v) is 4.49. The third-order valence-electron chi connectivity index (χ3n) is 2.10. The number of hydrogen-bond acceptors (Lipinski definition) is 5. The van der Waals surface area contributed by atoms with Crippen LogP contribution in [0.3, 0.4) is 0 Å². The van der Waals surface area contributed by atoms with E-state index in [2.05, 4.69) is 27.5 Å². The maximum atomic E-state index is 4.21. The summed E-state index contributed by atoms with van der Waals surface area (Å²) in [5.74, 6) is 0. The standard InChI is InChI=1S/C10H15N5S/c1-2-3-11-6-9-7-15(14-13-9)8-10-12-4-5-16-10/h4-5,7,11H,2-3,6,8H2,1H3. The van der Waals surface area contributed by atoms with Gasteiger partial charge in [0, 0.05) is 18.1 Å². The fourth-order valence-electron chi connectivity index (χ4n) is 1.36. The molecule has 0 aliphatic carbocycles. The Morgan fingerprint density at radius 3 is 3.19 bits per heavy atom. The van der Waals surface area contributed by atoms with Crippen LogP contribution in [-0.2, 0) is 13.1 Å². The Balaban J connectivity index is 1.87. The highest BCUT2D eigenvalue weighted by atomic mass is 32.1. The first-order valence-electron chi connectivity index (χ1n) is 5.36. The molecular formula is C10H15N5S. The van der Waals surface area contributed by atoms with Crippen LogP contribution in [0.5, 0.6) is 0 Å². The molecular weight excluding hydrogens is 222 g/mol. The lowest BCUT2D eigenvalue weighted by molar-refractivity contribution is 0.643. The second-order valence-electron chi connectivity index (χ2n) is 3.51. The number of thiazole rings is 1. The monoisotopic (exact) mass is 237 g/mol. The van der Waals surface area contributed by atoms with Crippen molar-refractivity contribution in [2.24, 2.45) is 0 Å². The molecule has 0 aliphatic heterocycles. The van der Waals surface area contributed by atoms with Crippen LogP contribution in [0.2, 0.25) is 0 Å². The fraction of sp³-hybridized carbons (Fsp3) is 0.500. The Hall–Kier alpha value is -1.27. The molecule has 0 atom stereocenters. The van der Waals surface area contributed by atoms with Crippen molar-refractivity contribution in [2.75, 3.05) is 6.54 Å². The zero-order valence-electron chi connectivity index (χ0n) is 9.26. The molecule has 6 heteroatoms. The van der Waals surface area contributed by atoms with Crippen LogP contribution >= 0.6 is 11.3 Å². The quantitative estimate of drug-likeness (QED) is 0.769. The summed E-state index contributed by atoms with van der Waals surface area (Å²) >= 11 is 1.63. The minimum absolute atomic E-state index is 0.707. The van der Waals surface area contributed by atoms with Gasteiger partial charge in [-0.3, -0.25) is 0 Å². The van der Waals surface area contributed by atoms with Crippen molar-refractivity contribution in [3.05, 3.63) is 28.5 Å². The summed E-state index contributed by atoms with van der Waals surface area (Å²) in [6.07, 6.45) is 4.90. The van der Waals surface area contributed by atoms with Gasteiger partial charge in [0.1, 0.15) is 5.01 Å².